The molecule has 0 saturated heterocycles. The molecule has 4 heteroatoms. The number of fused-ring (bicyclic) bond motifs is 2. The molecule has 0 aliphatic heterocycles. The molecule has 2 aliphatic carbocycles. The molecule has 1 amide bonds. The van der Waals surface area contributed by atoms with Crippen LogP contribution in [0.2, 0.25) is 0 Å². The Morgan fingerprint density at radius 1 is 1.26 bits per heavy atom. The number of allylic oxidation sites excluding steroid dienone is 2. The first-order valence-corrected chi connectivity index (χ1v) is 7.19. The molecule has 0 aromatic carbocycles. The molecule has 2 N–H and O–H groups in total. The lowest BCUT2D eigenvalue weighted by Gasteiger charge is -2.23. The summed E-state index contributed by atoms with van der Waals surface area (Å²) in [5, 5.41) is 12.2. The maximum Gasteiger partial charge on any atom is 0.307 e. The zero-order valence-electron chi connectivity index (χ0n) is 11.6. The molecule has 2 rings (SSSR count). The Morgan fingerprint density at radius 3 is 2.47 bits per heavy atom. The lowest BCUT2D eigenvalue weighted by Crippen LogP contribution is -2.40. The fraction of sp³-hybridized carbons (Fsp3) is 0.733. The van der Waals surface area contributed by atoms with Crippen LogP contribution in [0, 0.1) is 29.6 Å². The number of nitrogens with one attached hydrogen (secondary N) is 1. The van der Waals surface area contributed by atoms with Crippen molar-refractivity contribution in [3.05, 3.63) is 12.2 Å². The van der Waals surface area contributed by atoms with Gasteiger partial charge in [-0.3, -0.25) is 9.59 Å². The van der Waals surface area contributed by atoms with Crippen molar-refractivity contribution in [3.8, 4) is 0 Å². The fourth-order valence-corrected chi connectivity index (χ4v) is 3.36. The first-order valence-electron chi connectivity index (χ1n) is 7.19. The Balaban J connectivity index is 1.88. The van der Waals surface area contributed by atoms with Gasteiger partial charge in [-0.2, -0.15) is 0 Å². The van der Waals surface area contributed by atoms with Crippen LogP contribution in [0.4, 0.5) is 0 Å². The molecule has 1 fully saturated rings. The number of carbonyl (C=O) groups is 2. The van der Waals surface area contributed by atoms with Gasteiger partial charge in [-0.25, -0.2) is 0 Å². The predicted molar refractivity (Wildman–Crippen MR) is 72.4 cm³/mol. The summed E-state index contributed by atoms with van der Waals surface area (Å²) in [4.78, 5) is 23.5. The van der Waals surface area contributed by atoms with Gasteiger partial charge in [0.2, 0.25) is 5.91 Å². The number of hydrogen-bond acceptors (Lipinski definition) is 2. The fourth-order valence-electron chi connectivity index (χ4n) is 3.36. The van der Waals surface area contributed by atoms with Crippen LogP contribution in [0.3, 0.4) is 0 Å². The highest BCUT2D eigenvalue weighted by Crippen LogP contribution is 2.48. The molecule has 0 aromatic rings. The summed E-state index contributed by atoms with van der Waals surface area (Å²) >= 11 is 0. The van der Waals surface area contributed by atoms with E-state index in [1.54, 1.807) is 0 Å². The average molecular weight is 265 g/mol. The van der Waals surface area contributed by atoms with Crippen molar-refractivity contribution in [2.24, 2.45) is 29.6 Å². The van der Waals surface area contributed by atoms with Gasteiger partial charge >= 0.3 is 5.97 Å². The first-order chi connectivity index (χ1) is 9.00. The number of carboxylic acid groups (broad SMARTS) is 1. The van der Waals surface area contributed by atoms with Crippen LogP contribution >= 0.6 is 0 Å². The van der Waals surface area contributed by atoms with Gasteiger partial charge in [0.05, 0.1) is 11.8 Å². The van der Waals surface area contributed by atoms with Crippen molar-refractivity contribution in [3.63, 3.8) is 0 Å². The maximum atomic E-state index is 12.2. The lowest BCUT2D eigenvalue weighted by atomic mass is 9.82. The van der Waals surface area contributed by atoms with Crippen LogP contribution in [0.5, 0.6) is 0 Å². The number of rotatable bonds is 6. The van der Waals surface area contributed by atoms with E-state index < -0.39 is 11.9 Å². The molecule has 4 atom stereocenters. The van der Waals surface area contributed by atoms with Gasteiger partial charge in [0.1, 0.15) is 0 Å². The second kappa shape index (κ2) is 5.76. The third-order valence-corrected chi connectivity index (χ3v) is 4.30. The highest BCUT2D eigenvalue weighted by Gasteiger charge is 2.51. The molecule has 19 heavy (non-hydrogen) atoms. The summed E-state index contributed by atoms with van der Waals surface area (Å²) in [6.45, 7) is 4.97. The Labute approximate surface area is 114 Å². The minimum absolute atomic E-state index is 0.0499. The zero-order chi connectivity index (χ0) is 14.0. The van der Waals surface area contributed by atoms with E-state index in [-0.39, 0.29) is 23.7 Å². The summed E-state index contributed by atoms with van der Waals surface area (Å²) < 4.78 is 0. The van der Waals surface area contributed by atoms with Crippen LogP contribution in [-0.2, 0) is 9.59 Å². The van der Waals surface area contributed by atoms with Crippen LogP contribution in [0.25, 0.3) is 0 Å². The SMILES string of the molecule is CC(C)CCCNC(=O)[C@H]1C2C=CC(C2)[C@H]1C(=O)O. The molecular formula is C15H23NO3. The van der Waals surface area contributed by atoms with Crippen LogP contribution < -0.4 is 5.32 Å². The van der Waals surface area contributed by atoms with Crippen molar-refractivity contribution in [2.45, 2.75) is 33.1 Å². The van der Waals surface area contributed by atoms with Crippen LogP contribution in [0.1, 0.15) is 33.1 Å². The quantitative estimate of drug-likeness (QED) is 0.570. The van der Waals surface area contributed by atoms with E-state index >= 15 is 0 Å². The summed E-state index contributed by atoms with van der Waals surface area (Å²) in [5.74, 6) is -1.00. The topological polar surface area (TPSA) is 66.4 Å². The van der Waals surface area contributed by atoms with E-state index in [0.29, 0.717) is 12.5 Å². The lowest BCUT2D eigenvalue weighted by molar-refractivity contribution is -0.147. The highest BCUT2D eigenvalue weighted by atomic mass is 16.4. The Morgan fingerprint density at radius 2 is 1.89 bits per heavy atom. The van der Waals surface area contributed by atoms with Gasteiger partial charge in [-0.1, -0.05) is 26.0 Å². The van der Waals surface area contributed by atoms with Crippen LogP contribution in [-0.4, -0.2) is 23.5 Å². The minimum atomic E-state index is -0.834. The number of amides is 1. The maximum absolute atomic E-state index is 12.2. The van der Waals surface area contributed by atoms with Gasteiger partial charge in [0.15, 0.2) is 0 Å². The van der Waals surface area contributed by atoms with Gasteiger partial charge in [-0.15, -0.1) is 0 Å². The summed E-state index contributed by atoms with van der Waals surface area (Å²) in [5.41, 5.74) is 0. The number of carboxylic acids is 1. The molecule has 0 spiro atoms. The van der Waals surface area contributed by atoms with E-state index in [0.717, 1.165) is 19.3 Å². The Bertz CT molecular complexity index is 389. The van der Waals surface area contributed by atoms with Gasteiger partial charge < -0.3 is 10.4 Å². The summed E-state index contributed by atoms with van der Waals surface area (Å²) in [6.07, 6.45) is 6.84. The number of carbonyl (C=O) groups excluding carboxylic acids is 1. The molecule has 4 nitrogen and oxygen atoms in total. The molecule has 0 radical (unpaired) electrons. The monoisotopic (exact) mass is 265 g/mol. The van der Waals surface area contributed by atoms with Crippen molar-refractivity contribution in [2.75, 3.05) is 6.54 Å². The first kappa shape index (κ1) is 14.1. The molecular weight excluding hydrogens is 242 g/mol. The van der Waals surface area contributed by atoms with Crippen molar-refractivity contribution in [1.29, 1.82) is 0 Å². The molecule has 1 saturated carbocycles. The highest BCUT2D eigenvalue weighted by molar-refractivity contribution is 5.86. The van der Waals surface area contributed by atoms with E-state index in [9.17, 15) is 14.7 Å². The van der Waals surface area contributed by atoms with Crippen LogP contribution in [0.15, 0.2) is 12.2 Å². The van der Waals surface area contributed by atoms with Crippen molar-refractivity contribution < 1.29 is 14.7 Å². The van der Waals surface area contributed by atoms with Gasteiger partial charge in [0, 0.05) is 6.54 Å². The third kappa shape index (κ3) is 2.99. The van der Waals surface area contributed by atoms with Gasteiger partial charge in [0.25, 0.3) is 0 Å². The molecule has 2 unspecified atom stereocenters. The number of hydrogen-bond donors (Lipinski definition) is 2. The smallest absolute Gasteiger partial charge is 0.307 e. The van der Waals surface area contributed by atoms with Crippen molar-refractivity contribution in [1.82, 2.24) is 5.32 Å². The second-order valence-electron chi connectivity index (χ2n) is 6.17. The predicted octanol–water partition coefficient (Wildman–Crippen LogP) is 2.06. The van der Waals surface area contributed by atoms with Gasteiger partial charge in [-0.05, 0) is 37.0 Å². The largest absolute Gasteiger partial charge is 0.481 e. The minimum Gasteiger partial charge on any atom is -0.481 e. The van der Waals surface area contributed by atoms with E-state index in [4.69, 9.17) is 0 Å². The normalized spacial score (nSPS) is 31.9. The second-order valence-corrected chi connectivity index (χ2v) is 6.17. The van der Waals surface area contributed by atoms with E-state index in [1.165, 1.54) is 0 Å². The zero-order valence-corrected chi connectivity index (χ0v) is 11.6. The Hall–Kier alpha value is -1.32. The summed E-state index contributed by atoms with van der Waals surface area (Å²) in [7, 11) is 0. The molecule has 106 valence electrons. The number of aliphatic carboxylic acids is 1. The standard InChI is InChI=1S/C15H23NO3/c1-9(2)4-3-7-16-14(17)12-10-5-6-11(8-10)13(12)15(18)19/h5-6,9-13H,3-4,7-8H2,1-2H3,(H,16,17)(H,18,19)/t10?,11?,12-,13+/m0/s1. The van der Waals surface area contributed by atoms with E-state index in [1.807, 2.05) is 12.2 Å². The molecule has 0 aromatic heterocycles. The molecule has 2 aliphatic rings. The van der Waals surface area contributed by atoms with E-state index in [2.05, 4.69) is 19.2 Å². The molecule has 0 heterocycles. The Kier molecular flexibility index (Phi) is 4.27. The third-order valence-electron chi connectivity index (χ3n) is 4.30. The average Bonchev–Trinajstić information content (AvgIpc) is 2.93. The van der Waals surface area contributed by atoms with Crippen molar-refractivity contribution >= 4 is 11.9 Å². The molecule has 2 bridgehead atoms. The summed E-state index contributed by atoms with van der Waals surface area (Å²) in [6, 6.07) is 0.